The van der Waals surface area contributed by atoms with E-state index in [1.54, 1.807) is 6.33 Å². The lowest BCUT2D eigenvalue weighted by molar-refractivity contribution is 0.377. The van der Waals surface area contributed by atoms with Gasteiger partial charge in [0.05, 0.1) is 0 Å². The first-order valence-electron chi connectivity index (χ1n) is 6.96. The van der Waals surface area contributed by atoms with Crippen LogP contribution in [0.25, 0.3) is 0 Å². The summed E-state index contributed by atoms with van der Waals surface area (Å²) < 4.78 is 0. The maximum absolute atomic E-state index is 6.11. The molecule has 0 spiro atoms. The van der Waals surface area contributed by atoms with E-state index in [4.69, 9.17) is 11.6 Å². The molecule has 4 heteroatoms. The minimum Gasteiger partial charge on any atom is -0.370 e. The summed E-state index contributed by atoms with van der Waals surface area (Å²) in [7, 11) is 0. The normalized spacial score (nSPS) is 23.9. The molecule has 0 amide bonds. The van der Waals surface area contributed by atoms with Crippen molar-refractivity contribution in [2.24, 2.45) is 5.92 Å². The number of nitrogens with zero attached hydrogens (tertiary/aromatic N) is 2. The van der Waals surface area contributed by atoms with Gasteiger partial charge in [-0.15, -0.1) is 11.6 Å². The zero-order chi connectivity index (χ0) is 12.8. The molecule has 1 N–H and O–H groups in total. The van der Waals surface area contributed by atoms with Crippen LogP contribution in [0, 0.1) is 5.92 Å². The summed E-state index contributed by atoms with van der Waals surface area (Å²) in [5.74, 6) is 1.70. The molecule has 3 nitrogen and oxygen atoms in total. The van der Waals surface area contributed by atoms with E-state index in [1.165, 1.54) is 12.8 Å². The van der Waals surface area contributed by atoms with Crippen molar-refractivity contribution < 1.29 is 0 Å². The Bertz CT molecular complexity index is 362. The quantitative estimate of drug-likeness (QED) is 0.828. The van der Waals surface area contributed by atoms with Crippen molar-refractivity contribution in [3.8, 4) is 0 Å². The van der Waals surface area contributed by atoms with E-state index in [9.17, 15) is 0 Å². The molecule has 1 saturated carbocycles. The van der Waals surface area contributed by atoms with Gasteiger partial charge in [-0.1, -0.05) is 13.3 Å². The zero-order valence-electron chi connectivity index (χ0n) is 11.0. The molecule has 100 valence electrons. The molecular weight excluding hydrogens is 246 g/mol. The SMILES string of the molecule is CCCc1cc(NCC2CCC(Cl)CC2)ncn1. The fourth-order valence-corrected chi connectivity index (χ4v) is 2.71. The van der Waals surface area contributed by atoms with Crippen molar-refractivity contribution in [2.75, 3.05) is 11.9 Å². The fraction of sp³-hybridized carbons (Fsp3) is 0.714. The third-order valence-electron chi connectivity index (χ3n) is 3.58. The van der Waals surface area contributed by atoms with Crippen LogP contribution < -0.4 is 5.32 Å². The highest BCUT2D eigenvalue weighted by Crippen LogP contribution is 2.27. The highest BCUT2D eigenvalue weighted by molar-refractivity contribution is 6.20. The van der Waals surface area contributed by atoms with Gasteiger partial charge in [0, 0.05) is 23.7 Å². The van der Waals surface area contributed by atoms with E-state index < -0.39 is 0 Å². The van der Waals surface area contributed by atoms with Gasteiger partial charge < -0.3 is 5.32 Å². The Balaban J connectivity index is 1.80. The van der Waals surface area contributed by atoms with Crippen LogP contribution in [-0.4, -0.2) is 21.9 Å². The summed E-state index contributed by atoms with van der Waals surface area (Å²) in [6.45, 7) is 3.17. The Hall–Kier alpha value is -0.830. The standard InChI is InChI=1S/C14H22ClN3/c1-2-3-13-8-14(18-10-17-13)16-9-11-4-6-12(15)7-5-11/h8,10-12H,2-7,9H2,1H3,(H,16,17,18). The lowest BCUT2D eigenvalue weighted by Crippen LogP contribution is -2.21. The molecule has 0 saturated heterocycles. The lowest BCUT2D eigenvalue weighted by Gasteiger charge is -2.25. The van der Waals surface area contributed by atoms with Crippen molar-refractivity contribution in [1.29, 1.82) is 0 Å². The van der Waals surface area contributed by atoms with Crippen LogP contribution in [0.1, 0.15) is 44.7 Å². The maximum Gasteiger partial charge on any atom is 0.129 e. The molecule has 0 radical (unpaired) electrons. The molecule has 1 aromatic heterocycles. The monoisotopic (exact) mass is 267 g/mol. The summed E-state index contributed by atoms with van der Waals surface area (Å²) in [4.78, 5) is 8.54. The van der Waals surface area contributed by atoms with Gasteiger partial charge >= 0.3 is 0 Å². The Labute approximate surface area is 114 Å². The molecule has 0 bridgehead atoms. The van der Waals surface area contributed by atoms with Gasteiger partial charge in [0.25, 0.3) is 0 Å². The summed E-state index contributed by atoms with van der Waals surface area (Å²) in [5.41, 5.74) is 1.12. The van der Waals surface area contributed by atoms with Gasteiger partial charge in [0.1, 0.15) is 12.1 Å². The largest absolute Gasteiger partial charge is 0.370 e. The number of aromatic nitrogens is 2. The van der Waals surface area contributed by atoms with Crippen LogP contribution in [0.15, 0.2) is 12.4 Å². The second kappa shape index (κ2) is 6.93. The Morgan fingerprint density at radius 2 is 2.06 bits per heavy atom. The lowest BCUT2D eigenvalue weighted by atomic mass is 9.89. The van der Waals surface area contributed by atoms with Crippen molar-refractivity contribution in [3.63, 3.8) is 0 Å². The van der Waals surface area contributed by atoms with Crippen molar-refractivity contribution in [2.45, 2.75) is 50.8 Å². The third kappa shape index (κ3) is 4.13. The van der Waals surface area contributed by atoms with Crippen LogP contribution in [0.3, 0.4) is 0 Å². The van der Waals surface area contributed by atoms with E-state index in [0.29, 0.717) is 5.38 Å². The fourth-order valence-electron chi connectivity index (χ4n) is 2.46. The zero-order valence-corrected chi connectivity index (χ0v) is 11.8. The highest BCUT2D eigenvalue weighted by atomic mass is 35.5. The Kier molecular flexibility index (Phi) is 5.24. The minimum absolute atomic E-state index is 0.399. The van der Waals surface area contributed by atoms with Gasteiger partial charge in [-0.05, 0) is 38.0 Å². The molecule has 2 rings (SSSR count). The van der Waals surface area contributed by atoms with E-state index >= 15 is 0 Å². The van der Waals surface area contributed by atoms with Gasteiger partial charge in [-0.25, -0.2) is 9.97 Å². The van der Waals surface area contributed by atoms with Crippen LogP contribution in [0.2, 0.25) is 0 Å². The molecule has 0 aliphatic heterocycles. The molecule has 0 atom stereocenters. The number of aryl methyl sites for hydroxylation is 1. The molecule has 0 unspecified atom stereocenters. The molecule has 18 heavy (non-hydrogen) atoms. The van der Waals surface area contributed by atoms with E-state index in [0.717, 1.165) is 49.7 Å². The number of hydrogen-bond acceptors (Lipinski definition) is 3. The summed E-state index contributed by atoms with van der Waals surface area (Å²) in [6, 6.07) is 2.07. The van der Waals surface area contributed by atoms with Gasteiger partial charge in [0.15, 0.2) is 0 Å². The van der Waals surface area contributed by atoms with Crippen LogP contribution in [-0.2, 0) is 6.42 Å². The predicted molar refractivity (Wildman–Crippen MR) is 76.1 cm³/mol. The van der Waals surface area contributed by atoms with E-state index in [-0.39, 0.29) is 0 Å². The molecule has 1 heterocycles. The topological polar surface area (TPSA) is 37.8 Å². The van der Waals surface area contributed by atoms with Crippen molar-refractivity contribution in [1.82, 2.24) is 9.97 Å². The minimum atomic E-state index is 0.399. The number of halogens is 1. The average molecular weight is 268 g/mol. The second-order valence-corrected chi connectivity index (χ2v) is 5.76. The second-order valence-electron chi connectivity index (χ2n) is 5.14. The summed E-state index contributed by atoms with van der Waals surface area (Å²) in [5, 5.41) is 3.83. The van der Waals surface area contributed by atoms with Crippen LogP contribution in [0.4, 0.5) is 5.82 Å². The molecular formula is C14H22ClN3. The predicted octanol–water partition coefficient (Wildman–Crippen LogP) is 3.64. The number of rotatable bonds is 5. The van der Waals surface area contributed by atoms with Crippen LogP contribution >= 0.6 is 11.6 Å². The first kappa shape index (κ1) is 13.6. The Morgan fingerprint density at radius 1 is 1.28 bits per heavy atom. The third-order valence-corrected chi connectivity index (χ3v) is 4.01. The maximum atomic E-state index is 6.11. The van der Waals surface area contributed by atoms with E-state index in [1.807, 2.05) is 0 Å². The molecule has 0 aromatic carbocycles. The summed E-state index contributed by atoms with van der Waals surface area (Å²) in [6.07, 6.45) is 8.56. The number of anilines is 1. The van der Waals surface area contributed by atoms with Gasteiger partial charge in [-0.3, -0.25) is 0 Å². The molecule has 1 aliphatic carbocycles. The van der Waals surface area contributed by atoms with Gasteiger partial charge in [0.2, 0.25) is 0 Å². The van der Waals surface area contributed by atoms with Crippen LogP contribution in [0.5, 0.6) is 0 Å². The van der Waals surface area contributed by atoms with E-state index in [2.05, 4.69) is 28.3 Å². The first-order chi connectivity index (χ1) is 8.78. The van der Waals surface area contributed by atoms with Gasteiger partial charge in [-0.2, -0.15) is 0 Å². The average Bonchev–Trinajstić information content (AvgIpc) is 2.39. The van der Waals surface area contributed by atoms with Crippen molar-refractivity contribution in [3.05, 3.63) is 18.1 Å². The highest BCUT2D eigenvalue weighted by Gasteiger charge is 2.19. The Morgan fingerprint density at radius 3 is 2.78 bits per heavy atom. The first-order valence-corrected chi connectivity index (χ1v) is 7.40. The number of alkyl halides is 1. The summed E-state index contributed by atoms with van der Waals surface area (Å²) >= 11 is 6.11. The smallest absolute Gasteiger partial charge is 0.129 e. The van der Waals surface area contributed by atoms with Crippen molar-refractivity contribution >= 4 is 17.4 Å². The number of hydrogen-bond donors (Lipinski definition) is 1. The number of nitrogens with one attached hydrogen (secondary N) is 1. The molecule has 1 fully saturated rings. The molecule has 1 aromatic rings. The molecule has 1 aliphatic rings.